The van der Waals surface area contributed by atoms with E-state index in [1.54, 1.807) is 0 Å². The maximum absolute atomic E-state index is 12.8. The molecule has 0 radical (unpaired) electrons. The second kappa shape index (κ2) is 6.44. The van der Waals surface area contributed by atoms with E-state index in [-0.39, 0.29) is 11.9 Å². The van der Waals surface area contributed by atoms with Crippen LogP contribution in [0.1, 0.15) is 30.4 Å². The molecule has 0 bridgehead atoms. The number of likely N-dealkylation sites (N-methyl/N-ethyl adjacent to an activating group) is 1. The second-order valence-electron chi connectivity index (χ2n) is 6.20. The zero-order valence-electron chi connectivity index (χ0n) is 14.0. The number of para-hydroxylation sites is 1. The number of amides is 1. The van der Waals surface area contributed by atoms with Crippen LogP contribution in [0.25, 0.3) is 0 Å². The first-order chi connectivity index (χ1) is 11.1. The lowest BCUT2D eigenvalue weighted by atomic mass is 10.1. The Bertz CT molecular complexity index is 695. The zero-order chi connectivity index (χ0) is 16.4. The average Bonchev–Trinajstić information content (AvgIpc) is 2.88. The summed E-state index contributed by atoms with van der Waals surface area (Å²) < 4.78 is 5.07. The molecule has 2 aromatic rings. The van der Waals surface area contributed by atoms with Crippen molar-refractivity contribution in [1.29, 1.82) is 0 Å². The van der Waals surface area contributed by atoms with Crippen LogP contribution in [0.15, 0.2) is 34.9 Å². The van der Waals surface area contributed by atoms with E-state index in [1.807, 2.05) is 30.0 Å². The fraction of sp³-hybridized carbons (Fsp3) is 0.444. The number of hydrogen-bond acceptors (Lipinski definition) is 4. The van der Waals surface area contributed by atoms with E-state index >= 15 is 0 Å². The number of benzene rings is 1. The summed E-state index contributed by atoms with van der Waals surface area (Å²) in [4.78, 5) is 17.1. The Morgan fingerprint density at radius 3 is 2.87 bits per heavy atom. The van der Waals surface area contributed by atoms with E-state index in [0.29, 0.717) is 18.7 Å². The van der Waals surface area contributed by atoms with Crippen molar-refractivity contribution in [3.05, 3.63) is 47.3 Å². The van der Waals surface area contributed by atoms with Crippen molar-refractivity contribution < 1.29 is 9.32 Å². The molecular formula is C18H23N3O2. The van der Waals surface area contributed by atoms with E-state index in [0.717, 1.165) is 18.7 Å². The van der Waals surface area contributed by atoms with Crippen molar-refractivity contribution in [1.82, 2.24) is 10.1 Å². The van der Waals surface area contributed by atoms with Gasteiger partial charge in [0, 0.05) is 37.9 Å². The second-order valence-corrected chi connectivity index (χ2v) is 6.20. The summed E-state index contributed by atoms with van der Waals surface area (Å²) in [6.45, 7) is 5.47. The first-order valence-corrected chi connectivity index (χ1v) is 8.09. The standard InChI is InChI=1S/C18H23N3O2/c1-4-16-12-20(3)17-8-6-5-7-14(17)11-21(16)18(22)10-15-9-13(2)23-19-15/h5-9,16H,4,10-12H2,1-3H3/t16-/m0/s1. The van der Waals surface area contributed by atoms with E-state index in [2.05, 4.69) is 36.2 Å². The van der Waals surface area contributed by atoms with Crippen LogP contribution >= 0.6 is 0 Å². The minimum atomic E-state index is 0.107. The summed E-state index contributed by atoms with van der Waals surface area (Å²) >= 11 is 0. The lowest BCUT2D eigenvalue weighted by Crippen LogP contribution is -2.44. The van der Waals surface area contributed by atoms with E-state index < -0.39 is 0 Å². The molecular weight excluding hydrogens is 290 g/mol. The van der Waals surface area contributed by atoms with Crippen LogP contribution in [0.4, 0.5) is 5.69 Å². The van der Waals surface area contributed by atoms with Crippen LogP contribution in [-0.2, 0) is 17.8 Å². The van der Waals surface area contributed by atoms with Crippen LogP contribution in [0, 0.1) is 6.92 Å². The zero-order valence-corrected chi connectivity index (χ0v) is 14.0. The quantitative estimate of drug-likeness (QED) is 0.874. The van der Waals surface area contributed by atoms with Crippen LogP contribution in [0.5, 0.6) is 0 Å². The van der Waals surface area contributed by atoms with Crippen molar-refractivity contribution in [2.45, 2.75) is 39.3 Å². The topological polar surface area (TPSA) is 49.6 Å². The van der Waals surface area contributed by atoms with Crippen molar-refractivity contribution in [2.24, 2.45) is 0 Å². The maximum atomic E-state index is 12.8. The average molecular weight is 313 g/mol. The van der Waals surface area contributed by atoms with Crippen molar-refractivity contribution in [2.75, 3.05) is 18.5 Å². The van der Waals surface area contributed by atoms with Crippen LogP contribution in [-0.4, -0.2) is 35.6 Å². The Morgan fingerprint density at radius 1 is 1.39 bits per heavy atom. The molecule has 23 heavy (non-hydrogen) atoms. The van der Waals surface area contributed by atoms with Crippen LogP contribution < -0.4 is 4.90 Å². The molecule has 0 fully saturated rings. The van der Waals surface area contributed by atoms with Crippen molar-refractivity contribution in [3.63, 3.8) is 0 Å². The molecule has 122 valence electrons. The SMILES string of the molecule is CC[C@H]1CN(C)c2ccccc2CN1C(=O)Cc1cc(C)on1. The predicted molar refractivity (Wildman–Crippen MR) is 89.3 cm³/mol. The Labute approximate surface area is 136 Å². The largest absolute Gasteiger partial charge is 0.372 e. The van der Waals surface area contributed by atoms with Gasteiger partial charge in [-0.05, 0) is 25.0 Å². The minimum absolute atomic E-state index is 0.107. The van der Waals surface area contributed by atoms with Gasteiger partial charge in [0.15, 0.2) is 0 Å². The van der Waals surface area contributed by atoms with Gasteiger partial charge in [-0.1, -0.05) is 30.3 Å². The number of nitrogens with zero attached hydrogens (tertiary/aromatic N) is 3. The summed E-state index contributed by atoms with van der Waals surface area (Å²) in [5.74, 6) is 0.844. The Balaban J connectivity index is 1.85. The Kier molecular flexibility index (Phi) is 4.37. The van der Waals surface area contributed by atoms with Gasteiger partial charge < -0.3 is 14.3 Å². The van der Waals surface area contributed by atoms with Gasteiger partial charge in [-0.15, -0.1) is 0 Å². The molecule has 0 aliphatic carbocycles. The summed E-state index contributed by atoms with van der Waals surface area (Å²) in [5, 5.41) is 3.95. The van der Waals surface area contributed by atoms with Crippen molar-refractivity contribution in [3.8, 4) is 0 Å². The van der Waals surface area contributed by atoms with E-state index in [9.17, 15) is 4.79 Å². The number of fused-ring (bicyclic) bond motifs is 1. The van der Waals surface area contributed by atoms with Gasteiger partial charge >= 0.3 is 0 Å². The molecule has 1 aromatic carbocycles. The molecule has 1 aliphatic heterocycles. The highest BCUT2D eigenvalue weighted by Crippen LogP contribution is 2.27. The van der Waals surface area contributed by atoms with Gasteiger partial charge in [0.1, 0.15) is 5.76 Å². The van der Waals surface area contributed by atoms with Gasteiger partial charge in [-0.2, -0.15) is 0 Å². The molecule has 3 rings (SSSR count). The number of anilines is 1. The monoisotopic (exact) mass is 313 g/mol. The van der Waals surface area contributed by atoms with Gasteiger partial charge in [-0.3, -0.25) is 4.79 Å². The molecule has 5 heteroatoms. The van der Waals surface area contributed by atoms with Gasteiger partial charge in [0.25, 0.3) is 0 Å². The summed E-state index contributed by atoms with van der Waals surface area (Å²) in [7, 11) is 2.09. The van der Waals surface area contributed by atoms with E-state index in [4.69, 9.17) is 4.52 Å². The number of rotatable bonds is 3. The lowest BCUT2D eigenvalue weighted by molar-refractivity contribution is -0.133. The molecule has 5 nitrogen and oxygen atoms in total. The van der Waals surface area contributed by atoms with Gasteiger partial charge in [0.2, 0.25) is 5.91 Å². The lowest BCUT2D eigenvalue weighted by Gasteiger charge is -2.30. The smallest absolute Gasteiger partial charge is 0.229 e. The summed E-state index contributed by atoms with van der Waals surface area (Å²) in [5.41, 5.74) is 3.10. The summed E-state index contributed by atoms with van der Waals surface area (Å²) in [6.07, 6.45) is 1.22. The van der Waals surface area contributed by atoms with Crippen molar-refractivity contribution >= 4 is 11.6 Å². The maximum Gasteiger partial charge on any atom is 0.229 e. The molecule has 1 amide bonds. The summed E-state index contributed by atoms with van der Waals surface area (Å²) in [6, 6.07) is 10.3. The minimum Gasteiger partial charge on any atom is -0.372 e. The number of carbonyl (C=O) groups excluding carboxylic acids is 1. The highest BCUT2D eigenvalue weighted by Gasteiger charge is 2.28. The molecule has 0 saturated heterocycles. The van der Waals surface area contributed by atoms with E-state index in [1.165, 1.54) is 11.3 Å². The molecule has 1 aliphatic rings. The highest BCUT2D eigenvalue weighted by atomic mass is 16.5. The third kappa shape index (κ3) is 3.23. The van der Waals surface area contributed by atoms with Gasteiger partial charge in [-0.25, -0.2) is 0 Å². The fourth-order valence-electron chi connectivity index (χ4n) is 3.24. The Morgan fingerprint density at radius 2 is 2.17 bits per heavy atom. The number of carbonyl (C=O) groups is 1. The molecule has 0 saturated carbocycles. The van der Waals surface area contributed by atoms with Crippen LogP contribution in [0.3, 0.4) is 0 Å². The first kappa shape index (κ1) is 15.6. The van der Waals surface area contributed by atoms with Crippen LogP contribution in [0.2, 0.25) is 0 Å². The molecule has 1 aromatic heterocycles. The first-order valence-electron chi connectivity index (χ1n) is 8.09. The number of aryl methyl sites for hydroxylation is 1. The molecule has 2 heterocycles. The third-order valence-electron chi connectivity index (χ3n) is 4.47. The fourth-order valence-corrected chi connectivity index (χ4v) is 3.24. The molecule has 1 atom stereocenters. The normalized spacial score (nSPS) is 17.8. The predicted octanol–water partition coefficient (Wildman–Crippen LogP) is 2.78. The number of aromatic nitrogens is 1. The Hall–Kier alpha value is -2.30. The van der Waals surface area contributed by atoms with Gasteiger partial charge in [0.05, 0.1) is 12.1 Å². The highest BCUT2D eigenvalue weighted by molar-refractivity contribution is 5.79. The molecule has 0 N–H and O–H groups in total. The third-order valence-corrected chi connectivity index (χ3v) is 4.47. The molecule has 0 unspecified atom stereocenters. The number of hydrogen-bond donors (Lipinski definition) is 0. The molecule has 0 spiro atoms.